The van der Waals surface area contributed by atoms with Gasteiger partial charge in [-0.05, 0) is 61.4 Å². The molecule has 3 aromatic heterocycles. The van der Waals surface area contributed by atoms with Gasteiger partial charge in [-0.3, -0.25) is 9.69 Å². The quantitative estimate of drug-likeness (QED) is 0.273. The van der Waals surface area contributed by atoms with Crippen LogP contribution in [0.25, 0.3) is 10.9 Å². The molecule has 44 heavy (non-hydrogen) atoms. The average Bonchev–Trinajstić information content (AvgIpc) is 3.89. The molecule has 4 aromatic rings. The van der Waals surface area contributed by atoms with Gasteiger partial charge in [-0.15, -0.1) is 0 Å². The Morgan fingerprint density at radius 3 is 2.80 bits per heavy atom. The lowest BCUT2D eigenvalue weighted by Gasteiger charge is -2.40. The molecule has 9 nitrogen and oxygen atoms in total. The van der Waals surface area contributed by atoms with Crippen LogP contribution < -0.4 is 25.1 Å². The monoisotopic (exact) mass is 602 g/mol. The zero-order valence-corrected chi connectivity index (χ0v) is 24.8. The van der Waals surface area contributed by atoms with Crippen LogP contribution in [0.4, 0.5) is 20.3 Å². The minimum Gasteiger partial charge on any atom is -0.486 e. The number of rotatable bonds is 10. The molecule has 1 aliphatic carbocycles. The molecule has 1 unspecified atom stereocenters. The molecule has 5 heterocycles. The SMILES string of the molecule is COc1cc(CN(Cc2cn3c4c(c(F)c(F)cc4c2=O)OCC3)C2CCCN(c3ccc(NCC4CC4)nc3)C2)ccn1. The Morgan fingerprint density at radius 2 is 2.00 bits per heavy atom. The zero-order chi connectivity index (χ0) is 30.2. The number of hydrogen-bond acceptors (Lipinski definition) is 8. The number of hydrogen-bond donors (Lipinski definition) is 1. The van der Waals surface area contributed by atoms with Crippen molar-refractivity contribution in [3.8, 4) is 11.6 Å². The minimum atomic E-state index is -1.08. The predicted molar refractivity (Wildman–Crippen MR) is 164 cm³/mol. The first-order chi connectivity index (χ1) is 21.5. The number of halogens is 2. The molecule has 1 aromatic carbocycles. The molecule has 0 bridgehead atoms. The third kappa shape index (κ3) is 5.80. The number of methoxy groups -OCH3 is 1. The van der Waals surface area contributed by atoms with Crippen LogP contribution in [-0.2, 0) is 19.6 Å². The fourth-order valence-corrected chi connectivity index (χ4v) is 6.37. The Balaban J connectivity index is 1.19. The first-order valence-corrected chi connectivity index (χ1v) is 15.3. The molecular weight excluding hydrogens is 566 g/mol. The summed E-state index contributed by atoms with van der Waals surface area (Å²) in [7, 11) is 1.59. The van der Waals surface area contributed by atoms with Gasteiger partial charge in [0, 0.05) is 62.8 Å². The summed E-state index contributed by atoms with van der Waals surface area (Å²) in [5, 5.41) is 3.56. The van der Waals surface area contributed by atoms with Gasteiger partial charge in [-0.25, -0.2) is 14.4 Å². The summed E-state index contributed by atoms with van der Waals surface area (Å²) >= 11 is 0. The van der Waals surface area contributed by atoms with E-state index >= 15 is 0 Å². The van der Waals surface area contributed by atoms with Crippen molar-refractivity contribution in [3.63, 3.8) is 0 Å². The van der Waals surface area contributed by atoms with Crippen LogP contribution in [0.5, 0.6) is 11.6 Å². The average molecular weight is 603 g/mol. The van der Waals surface area contributed by atoms with Crippen molar-refractivity contribution in [1.82, 2.24) is 19.4 Å². The van der Waals surface area contributed by atoms with E-state index < -0.39 is 11.6 Å². The number of ether oxygens (including phenoxy) is 2. The zero-order valence-electron chi connectivity index (χ0n) is 24.8. The molecule has 1 saturated carbocycles. The highest BCUT2D eigenvalue weighted by Crippen LogP contribution is 2.33. The molecule has 2 fully saturated rings. The highest BCUT2D eigenvalue weighted by atomic mass is 19.2. The molecule has 0 spiro atoms. The number of anilines is 2. The molecule has 7 rings (SSSR count). The Kier molecular flexibility index (Phi) is 7.80. The third-order valence-electron chi connectivity index (χ3n) is 8.93. The lowest BCUT2D eigenvalue weighted by Crippen LogP contribution is -2.48. The van der Waals surface area contributed by atoms with E-state index in [1.165, 1.54) is 12.8 Å². The highest BCUT2D eigenvalue weighted by molar-refractivity contribution is 5.86. The van der Waals surface area contributed by atoms with Gasteiger partial charge in [0.05, 0.1) is 36.4 Å². The molecule has 1 saturated heterocycles. The van der Waals surface area contributed by atoms with Crippen molar-refractivity contribution >= 4 is 22.4 Å². The summed E-state index contributed by atoms with van der Waals surface area (Å²) in [5.41, 5.74) is 2.60. The van der Waals surface area contributed by atoms with Gasteiger partial charge in [-0.2, -0.15) is 4.39 Å². The van der Waals surface area contributed by atoms with Crippen molar-refractivity contribution < 1.29 is 18.3 Å². The summed E-state index contributed by atoms with van der Waals surface area (Å²) in [4.78, 5) is 27.4. The largest absolute Gasteiger partial charge is 0.486 e. The summed E-state index contributed by atoms with van der Waals surface area (Å²) in [6.45, 7) is 4.20. The summed E-state index contributed by atoms with van der Waals surface area (Å²) in [6, 6.07) is 9.15. The maximum absolute atomic E-state index is 14.6. The second kappa shape index (κ2) is 12.0. The Bertz CT molecular complexity index is 1730. The van der Waals surface area contributed by atoms with Crippen molar-refractivity contribution in [2.45, 2.75) is 51.4 Å². The lowest BCUT2D eigenvalue weighted by atomic mass is 10.0. The van der Waals surface area contributed by atoms with Crippen LogP contribution in [0.2, 0.25) is 0 Å². The first kappa shape index (κ1) is 28.5. The van der Waals surface area contributed by atoms with Crippen LogP contribution in [-0.4, -0.2) is 58.8 Å². The molecule has 0 amide bonds. The van der Waals surface area contributed by atoms with Crippen LogP contribution in [0.15, 0.2) is 53.7 Å². The van der Waals surface area contributed by atoms with E-state index in [0.717, 1.165) is 61.5 Å². The molecule has 230 valence electrons. The molecule has 1 atom stereocenters. The highest BCUT2D eigenvalue weighted by Gasteiger charge is 2.29. The summed E-state index contributed by atoms with van der Waals surface area (Å²) < 4.78 is 41.7. The number of nitrogens with one attached hydrogen (secondary N) is 1. The van der Waals surface area contributed by atoms with Gasteiger partial charge in [0.1, 0.15) is 12.4 Å². The van der Waals surface area contributed by atoms with Gasteiger partial charge in [-0.1, -0.05) is 0 Å². The number of aromatic nitrogens is 3. The molecule has 1 N–H and O–H groups in total. The van der Waals surface area contributed by atoms with Gasteiger partial charge in [0.15, 0.2) is 17.0 Å². The maximum atomic E-state index is 14.6. The number of pyridine rings is 3. The second-order valence-corrected chi connectivity index (χ2v) is 12.0. The minimum absolute atomic E-state index is 0.121. The van der Waals surface area contributed by atoms with Crippen molar-refractivity contribution in [2.24, 2.45) is 5.92 Å². The van der Waals surface area contributed by atoms with E-state index in [1.54, 1.807) is 19.5 Å². The van der Waals surface area contributed by atoms with Crippen LogP contribution in [0.1, 0.15) is 36.8 Å². The van der Waals surface area contributed by atoms with E-state index in [2.05, 4.69) is 31.2 Å². The fourth-order valence-electron chi connectivity index (χ4n) is 6.37. The molecule has 3 aliphatic rings. The van der Waals surface area contributed by atoms with Crippen molar-refractivity contribution in [1.29, 1.82) is 0 Å². The van der Waals surface area contributed by atoms with E-state index in [9.17, 15) is 13.6 Å². The van der Waals surface area contributed by atoms with Crippen molar-refractivity contribution in [3.05, 3.63) is 81.9 Å². The number of benzene rings is 1. The topological polar surface area (TPSA) is 84.8 Å². The molecule has 11 heteroatoms. The van der Waals surface area contributed by atoms with Gasteiger partial charge < -0.3 is 24.3 Å². The lowest BCUT2D eigenvalue weighted by molar-refractivity contribution is 0.157. The molecular formula is C33H36F2N6O3. The van der Waals surface area contributed by atoms with E-state index in [1.807, 2.05) is 29.0 Å². The summed E-state index contributed by atoms with van der Waals surface area (Å²) in [5.74, 6) is -0.143. The predicted octanol–water partition coefficient (Wildman–Crippen LogP) is 4.96. The van der Waals surface area contributed by atoms with Crippen LogP contribution >= 0.6 is 0 Å². The normalized spacial score (nSPS) is 18.0. The maximum Gasteiger partial charge on any atom is 0.213 e. The Labute approximate surface area is 254 Å². The fraction of sp³-hybridized carbons (Fsp3) is 0.424. The van der Waals surface area contributed by atoms with Crippen LogP contribution in [0.3, 0.4) is 0 Å². The smallest absolute Gasteiger partial charge is 0.213 e. The van der Waals surface area contributed by atoms with Gasteiger partial charge in [0.25, 0.3) is 0 Å². The standard InChI is InChI=1S/C33H36F2N6O3/c1-43-29-13-22(8-9-36-29)17-41(19-23-18-40-11-12-44-33-30(35)27(34)14-26(31(33)40)32(23)42)25-3-2-10-39(20-25)24-6-7-28(38-16-24)37-15-21-4-5-21/h6-9,13-14,16,18,21,25H,2-5,10-12,15,17,19-20H2,1H3,(H,37,38). The van der Waals surface area contributed by atoms with Gasteiger partial charge >= 0.3 is 0 Å². The van der Waals surface area contributed by atoms with Gasteiger partial charge in [0.2, 0.25) is 11.7 Å². The second-order valence-electron chi connectivity index (χ2n) is 12.0. The Morgan fingerprint density at radius 1 is 1.11 bits per heavy atom. The van der Waals surface area contributed by atoms with E-state index in [0.29, 0.717) is 36.6 Å². The summed E-state index contributed by atoms with van der Waals surface area (Å²) in [6.07, 6.45) is 9.96. The van der Waals surface area contributed by atoms with E-state index in [-0.39, 0.29) is 29.2 Å². The molecule has 2 aliphatic heterocycles. The third-order valence-corrected chi connectivity index (χ3v) is 8.93. The number of nitrogens with zero attached hydrogens (tertiary/aromatic N) is 5. The Hall–Kier alpha value is -4.25. The van der Waals surface area contributed by atoms with E-state index in [4.69, 9.17) is 9.47 Å². The first-order valence-electron chi connectivity index (χ1n) is 15.3. The molecule has 0 radical (unpaired) electrons. The number of piperidine rings is 1. The van der Waals surface area contributed by atoms with Crippen molar-refractivity contribution in [2.75, 3.05) is 43.6 Å². The van der Waals surface area contributed by atoms with Crippen LogP contribution in [0, 0.1) is 17.6 Å².